The summed E-state index contributed by atoms with van der Waals surface area (Å²) in [6.45, 7) is 6.87. The first-order chi connectivity index (χ1) is 22.9. The maximum absolute atomic E-state index is 14.8. The Labute approximate surface area is 285 Å². The number of hydrogen-bond acceptors (Lipinski definition) is 7. The Hall–Kier alpha value is -3.74. The van der Waals surface area contributed by atoms with E-state index in [0.29, 0.717) is 42.4 Å². The van der Waals surface area contributed by atoms with E-state index in [0.717, 1.165) is 22.4 Å². The van der Waals surface area contributed by atoms with Crippen LogP contribution in [0.1, 0.15) is 35.6 Å². The minimum Gasteiger partial charge on any atom is -0.447 e. The predicted octanol–water partition coefficient (Wildman–Crippen LogP) is 4.98. The zero-order chi connectivity index (χ0) is 34.0. The van der Waals surface area contributed by atoms with Gasteiger partial charge in [0.1, 0.15) is 6.61 Å². The summed E-state index contributed by atoms with van der Waals surface area (Å²) < 4.78 is 11.9. The molecule has 48 heavy (non-hydrogen) atoms. The lowest BCUT2D eigenvalue weighted by atomic mass is 9.82. The Morgan fingerprint density at radius 2 is 1.79 bits per heavy atom. The normalized spacial score (nSPS) is 26.7. The van der Waals surface area contributed by atoms with E-state index in [1.54, 1.807) is 26.8 Å². The van der Waals surface area contributed by atoms with Gasteiger partial charge in [0, 0.05) is 34.3 Å². The first-order valence-corrected chi connectivity index (χ1v) is 19.8. The van der Waals surface area contributed by atoms with E-state index in [9.17, 15) is 24.3 Å². The lowest BCUT2D eigenvalue weighted by Crippen LogP contribution is -2.48. The van der Waals surface area contributed by atoms with E-state index < -0.39 is 31.5 Å². The molecule has 5 atom stereocenters. The van der Waals surface area contributed by atoms with Crippen molar-refractivity contribution in [1.82, 2.24) is 4.90 Å². The highest BCUT2D eigenvalue weighted by Crippen LogP contribution is 2.60. The van der Waals surface area contributed by atoms with Crippen LogP contribution in [0.4, 0.5) is 16.2 Å². The molecule has 4 heterocycles. The van der Waals surface area contributed by atoms with Gasteiger partial charge in [0.15, 0.2) is 13.9 Å². The number of nitrogens with zero attached hydrogens (tertiary/aromatic N) is 3. The summed E-state index contributed by atoms with van der Waals surface area (Å²) in [7, 11) is -3.02. The largest absolute Gasteiger partial charge is 0.447 e. The Balaban J connectivity index is 1.20. The Kier molecular flexibility index (Phi) is 8.40. The molecule has 3 aromatic rings. The molecule has 0 unspecified atom stereocenters. The number of carbonyl (C=O) groups is 3. The number of aliphatic hydroxyl groups excluding tert-OH is 1. The van der Waals surface area contributed by atoms with Gasteiger partial charge >= 0.3 is 6.09 Å². The van der Waals surface area contributed by atoms with Crippen LogP contribution in [0.3, 0.4) is 0 Å². The van der Waals surface area contributed by atoms with Gasteiger partial charge in [0.05, 0.1) is 44.0 Å². The van der Waals surface area contributed by atoms with Crippen molar-refractivity contribution in [1.29, 1.82) is 0 Å². The highest BCUT2D eigenvalue weighted by atomic mass is 35.5. The Morgan fingerprint density at radius 3 is 2.46 bits per heavy atom. The first kappa shape index (κ1) is 32.8. The van der Waals surface area contributed by atoms with Crippen LogP contribution in [-0.2, 0) is 44.2 Å². The standard InChI is InChI=1S/C36H40ClN3O7Si/c1-22-33(48(2,3)45)31(18-32(42)39-20-25-7-5-4-6-24(25)16-28(39)21-41)47-36(22)29-17-26(37)10-13-30(29)40(34(36)43)19-23-8-11-27(12-9-23)38-14-15-46-35(38)44/h4-13,17,22,28,31,33,41,45H,14-16,18-21H2,1-3H3/t22-,28+,31+,33-,36+/m1/s1. The van der Waals surface area contributed by atoms with Gasteiger partial charge < -0.3 is 29.2 Å². The van der Waals surface area contributed by atoms with Crippen LogP contribution in [0.5, 0.6) is 0 Å². The van der Waals surface area contributed by atoms with Gasteiger partial charge in [0.2, 0.25) is 5.91 Å². The van der Waals surface area contributed by atoms with Crippen LogP contribution in [0.15, 0.2) is 66.7 Å². The molecule has 1 spiro atoms. The maximum Gasteiger partial charge on any atom is 0.414 e. The topological polar surface area (TPSA) is 120 Å². The third-order valence-corrected chi connectivity index (χ3v) is 13.3. The van der Waals surface area contributed by atoms with Crippen LogP contribution >= 0.6 is 11.6 Å². The molecule has 0 radical (unpaired) electrons. The molecule has 2 saturated heterocycles. The van der Waals surface area contributed by atoms with Crippen molar-refractivity contribution in [2.45, 2.75) is 69.2 Å². The van der Waals surface area contributed by atoms with Gasteiger partial charge in [-0.1, -0.05) is 54.9 Å². The van der Waals surface area contributed by atoms with E-state index in [4.69, 9.17) is 21.1 Å². The highest BCUT2D eigenvalue weighted by Gasteiger charge is 2.66. The molecular formula is C36H40ClN3O7Si. The number of benzene rings is 3. The van der Waals surface area contributed by atoms with Crippen LogP contribution in [0.25, 0.3) is 0 Å². The van der Waals surface area contributed by atoms with Crippen LogP contribution < -0.4 is 9.80 Å². The van der Waals surface area contributed by atoms with E-state index in [-0.39, 0.29) is 43.5 Å². The number of anilines is 2. The zero-order valence-electron chi connectivity index (χ0n) is 27.3. The average Bonchev–Trinajstić information content (AvgIpc) is 3.69. The molecule has 4 aliphatic heterocycles. The second-order valence-electron chi connectivity index (χ2n) is 13.9. The van der Waals surface area contributed by atoms with Gasteiger partial charge in [-0.05, 0) is 66.5 Å². The van der Waals surface area contributed by atoms with Crippen LogP contribution in [-0.4, -0.2) is 72.9 Å². The van der Waals surface area contributed by atoms with Crippen molar-refractivity contribution in [3.05, 3.63) is 94.0 Å². The quantitative estimate of drug-likeness (QED) is 0.336. The Bertz CT molecular complexity index is 1760. The molecule has 2 N–H and O–H groups in total. The summed E-state index contributed by atoms with van der Waals surface area (Å²) in [5, 5.41) is 10.7. The SMILES string of the molecule is C[C@@H]1[C@@H]([Si](C)(C)O)[C@H](CC(=O)N2Cc3ccccc3C[C@H]2CO)O[C@@]12C(=O)N(Cc1ccc(N3CCOC3=O)cc1)c1ccc(Cl)cc12. The summed E-state index contributed by atoms with van der Waals surface area (Å²) in [6.07, 6.45) is -0.592. The number of carbonyl (C=O) groups excluding carboxylic acids is 3. The lowest BCUT2D eigenvalue weighted by molar-refractivity contribution is -0.151. The monoisotopic (exact) mass is 689 g/mol. The van der Waals surface area contributed by atoms with Crippen molar-refractivity contribution in [3.63, 3.8) is 0 Å². The fraction of sp³-hybridized carbons (Fsp3) is 0.417. The van der Waals surface area contributed by atoms with Crippen LogP contribution in [0.2, 0.25) is 23.7 Å². The number of amides is 3. The van der Waals surface area contributed by atoms with E-state index in [1.807, 2.05) is 74.6 Å². The zero-order valence-corrected chi connectivity index (χ0v) is 29.0. The molecular weight excluding hydrogens is 650 g/mol. The van der Waals surface area contributed by atoms with Crippen molar-refractivity contribution in [2.75, 3.05) is 29.6 Å². The lowest BCUT2D eigenvalue weighted by Gasteiger charge is -2.37. The number of hydrogen-bond donors (Lipinski definition) is 2. The van der Waals surface area contributed by atoms with Crippen molar-refractivity contribution in [2.24, 2.45) is 5.92 Å². The molecule has 0 saturated carbocycles. The fourth-order valence-corrected chi connectivity index (χ4v) is 11.1. The predicted molar refractivity (Wildman–Crippen MR) is 183 cm³/mol. The van der Waals surface area contributed by atoms with Crippen molar-refractivity contribution >= 4 is 49.2 Å². The van der Waals surface area contributed by atoms with Gasteiger partial charge in [-0.15, -0.1) is 0 Å². The number of cyclic esters (lactones) is 1. The number of aliphatic hydroxyl groups is 1. The molecule has 0 aromatic heterocycles. The molecule has 3 aromatic carbocycles. The molecule has 12 heteroatoms. The average molecular weight is 690 g/mol. The molecule has 7 rings (SSSR count). The Morgan fingerprint density at radius 1 is 1.06 bits per heavy atom. The van der Waals surface area contributed by atoms with E-state index >= 15 is 0 Å². The summed E-state index contributed by atoms with van der Waals surface area (Å²) in [6, 6.07) is 20.3. The number of halogens is 1. The summed E-state index contributed by atoms with van der Waals surface area (Å²) in [4.78, 5) is 57.5. The fourth-order valence-electron chi connectivity index (χ4n) is 8.33. The summed E-state index contributed by atoms with van der Waals surface area (Å²) in [5.74, 6) is -0.912. The van der Waals surface area contributed by atoms with Crippen molar-refractivity contribution in [3.8, 4) is 0 Å². The van der Waals surface area contributed by atoms with Crippen LogP contribution in [0, 0.1) is 5.92 Å². The molecule has 252 valence electrons. The minimum absolute atomic E-state index is 0.0318. The van der Waals surface area contributed by atoms with Gasteiger partial charge in [-0.25, -0.2) is 4.79 Å². The molecule has 0 bridgehead atoms. The number of rotatable bonds is 7. The summed E-state index contributed by atoms with van der Waals surface area (Å²) >= 11 is 6.55. The van der Waals surface area contributed by atoms with E-state index in [2.05, 4.69) is 0 Å². The maximum atomic E-state index is 14.8. The molecule has 0 aliphatic carbocycles. The molecule has 2 fully saturated rings. The smallest absolute Gasteiger partial charge is 0.414 e. The second kappa shape index (κ2) is 12.3. The van der Waals surface area contributed by atoms with Gasteiger partial charge in [-0.2, -0.15) is 0 Å². The molecule has 4 aliphatic rings. The minimum atomic E-state index is -3.02. The molecule has 3 amide bonds. The van der Waals surface area contributed by atoms with Crippen molar-refractivity contribution < 1.29 is 33.8 Å². The van der Waals surface area contributed by atoms with Gasteiger partial charge in [-0.3, -0.25) is 14.5 Å². The van der Waals surface area contributed by atoms with Gasteiger partial charge in [0.25, 0.3) is 5.91 Å². The number of ether oxygens (including phenoxy) is 2. The third-order valence-electron chi connectivity index (χ3n) is 10.6. The highest BCUT2D eigenvalue weighted by molar-refractivity contribution is 6.71. The number of fused-ring (bicyclic) bond motifs is 3. The molecule has 10 nitrogen and oxygen atoms in total. The van der Waals surface area contributed by atoms with E-state index in [1.165, 1.54) is 0 Å². The third kappa shape index (κ3) is 5.41. The second-order valence-corrected chi connectivity index (χ2v) is 18.3. The first-order valence-electron chi connectivity index (χ1n) is 16.4. The summed E-state index contributed by atoms with van der Waals surface area (Å²) in [5.41, 5.74) is 3.13.